The maximum atomic E-state index is 14.7. The molecule has 0 bridgehead atoms. The summed E-state index contributed by atoms with van der Waals surface area (Å²) in [4.78, 5) is 28.5. The molecule has 39 heavy (non-hydrogen) atoms. The molecule has 3 heterocycles. The molecule has 2 aliphatic heterocycles. The number of piperazine rings is 1. The van der Waals surface area contributed by atoms with E-state index in [2.05, 4.69) is 11.9 Å². The topological polar surface area (TPSA) is 103 Å². The summed E-state index contributed by atoms with van der Waals surface area (Å²) < 4.78 is 44.2. The predicted octanol–water partition coefficient (Wildman–Crippen LogP) is 5.26. The number of hydrogen-bond donors (Lipinski definition) is 3. The molecular weight excluding hydrogens is 547 g/mol. The molecule has 1 aromatic heterocycles. The number of nitrogens with two attached hydrogens (primary N) is 1. The van der Waals surface area contributed by atoms with Crippen molar-refractivity contribution in [2.45, 2.75) is 49.8 Å². The van der Waals surface area contributed by atoms with Gasteiger partial charge in [0.2, 0.25) is 11.8 Å². The second kappa shape index (κ2) is 9.88. The van der Waals surface area contributed by atoms with E-state index in [1.807, 2.05) is 13.8 Å². The van der Waals surface area contributed by atoms with Crippen LogP contribution in [-0.4, -0.2) is 64.9 Å². The molecule has 2 atom stereocenters. The van der Waals surface area contributed by atoms with Crippen LogP contribution < -0.4 is 11.1 Å². The van der Waals surface area contributed by atoms with Crippen LogP contribution in [0.25, 0.3) is 10.4 Å². The summed E-state index contributed by atoms with van der Waals surface area (Å²) >= 11 is 2.41. The van der Waals surface area contributed by atoms with Crippen LogP contribution in [0, 0.1) is 10.8 Å². The van der Waals surface area contributed by atoms with Crippen molar-refractivity contribution in [1.82, 2.24) is 9.80 Å². The number of alkyl halides is 3. The Morgan fingerprint density at radius 2 is 1.90 bits per heavy atom. The van der Waals surface area contributed by atoms with Gasteiger partial charge in [0.25, 0.3) is 0 Å². The predicted molar refractivity (Wildman–Crippen MR) is 149 cm³/mol. The molecular formula is C27H30F3N5O2S2. The van der Waals surface area contributed by atoms with Gasteiger partial charge in [-0.15, -0.1) is 23.1 Å². The number of carbonyl (C=O) groups is 2. The molecule has 12 heteroatoms. The molecule has 7 nitrogen and oxygen atoms in total. The number of rotatable bonds is 4. The fourth-order valence-electron chi connectivity index (χ4n) is 5.58. The van der Waals surface area contributed by atoms with E-state index in [0.717, 1.165) is 30.2 Å². The van der Waals surface area contributed by atoms with Crippen molar-refractivity contribution in [1.29, 1.82) is 5.41 Å². The SMILES string of the molecule is C=CC(=O)N1[C@H](C)CN(C(=N)c2cc(C(F)(F)F)c(-c3sccc3C(N)=O)c3c2NCC2(CC2)CS3)C[C@@H]1C. The highest BCUT2D eigenvalue weighted by Gasteiger charge is 2.46. The minimum Gasteiger partial charge on any atom is -0.383 e. The fourth-order valence-corrected chi connectivity index (χ4v) is 8.13. The molecule has 1 spiro atoms. The molecule has 0 radical (unpaired) electrons. The number of nitrogens with zero attached hydrogens (tertiary/aromatic N) is 2. The van der Waals surface area contributed by atoms with E-state index < -0.39 is 17.6 Å². The lowest BCUT2D eigenvalue weighted by atomic mass is 9.96. The summed E-state index contributed by atoms with van der Waals surface area (Å²) in [5, 5.41) is 14.1. The van der Waals surface area contributed by atoms with Crippen LogP contribution in [0.2, 0.25) is 0 Å². The zero-order valence-corrected chi connectivity index (χ0v) is 23.3. The molecule has 0 unspecified atom stereocenters. The van der Waals surface area contributed by atoms with Crippen LogP contribution in [0.3, 0.4) is 0 Å². The van der Waals surface area contributed by atoms with Crippen molar-refractivity contribution >= 4 is 46.4 Å². The Hall–Kier alpha value is -2.99. The average molecular weight is 578 g/mol. The minimum absolute atomic E-state index is 0.000479. The van der Waals surface area contributed by atoms with Gasteiger partial charge >= 0.3 is 6.18 Å². The number of thiophene rings is 1. The van der Waals surface area contributed by atoms with Crippen molar-refractivity contribution in [2.75, 3.05) is 30.7 Å². The fraction of sp³-hybridized carbons (Fsp3) is 0.444. The van der Waals surface area contributed by atoms with E-state index >= 15 is 0 Å². The number of nitrogens with one attached hydrogen (secondary N) is 2. The highest BCUT2D eigenvalue weighted by molar-refractivity contribution is 7.99. The number of benzene rings is 1. The van der Waals surface area contributed by atoms with E-state index in [4.69, 9.17) is 11.1 Å². The summed E-state index contributed by atoms with van der Waals surface area (Å²) in [6.45, 7) is 8.48. The third-order valence-electron chi connectivity index (χ3n) is 7.78. The van der Waals surface area contributed by atoms with Gasteiger partial charge in [0, 0.05) is 58.4 Å². The molecule has 4 N–H and O–H groups in total. The van der Waals surface area contributed by atoms with Crippen LogP contribution in [0.1, 0.15) is 48.2 Å². The highest BCUT2D eigenvalue weighted by atomic mass is 32.2. The lowest BCUT2D eigenvalue weighted by molar-refractivity contribution is -0.137. The maximum Gasteiger partial charge on any atom is 0.417 e. The Balaban J connectivity index is 1.66. The number of fused-ring (bicyclic) bond motifs is 1. The van der Waals surface area contributed by atoms with Gasteiger partial charge in [0.15, 0.2) is 0 Å². The number of amidine groups is 1. The van der Waals surface area contributed by atoms with Crippen molar-refractivity contribution in [2.24, 2.45) is 11.1 Å². The average Bonchev–Trinajstić information content (AvgIpc) is 3.52. The van der Waals surface area contributed by atoms with Crippen LogP contribution in [0.5, 0.6) is 0 Å². The Kier molecular flexibility index (Phi) is 6.99. The number of hydrogen-bond acceptors (Lipinski definition) is 6. The molecule has 208 valence electrons. The van der Waals surface area contributed by atoms with E-state index in [1.165, 1.54) is 23.9 Å². The van der Waals surface area contributed by atoms with Crippen molar-refractivity contribution in [3.8, 4) is 10.4 Å². The molecule has 2 fully saturated rings. The second-order valence-electron chi connectivity index (χ2n) is 10.6. The molecule has 2 aromatic rings. The molecule has 5 rings (SSSR count). The van der Waals surface area contributed by atoms with Crippen LogP contribution >= 0.6 is 23.1 Å². The van der Waals surface area contributed by atoms with Gasteiger partial charge in [-0.05, 0) is 55.7 Å². The lowest BCUT2D eigenvalue weighted by Gasteiger charge is -2.45. The Labute approximate surface area is 233 Å². The van der Waals surface area contributed by atoms with Gasteiger partial charge in [0.05, 0.1) is 16.8 Å². The Morgan fingerprint density at radius 1 is 1.23 bits per heavy atom. The number of anilines is 1. The number of primary amides is 1. The second-order valence-corrected chi connectivity index (χ2v) is 12.5. The lowest BCUT2D eigenvalue weighted by Crippen LogP contribution is -2.59. The number of amides is 2. The first kappa shape index (κ1) is 27.6. The van der Waals surface area contributed by atoms with Crippen molar-refractivity contribution in [3.05, 3.63) is 46.9 Å². The zero-order valence-electron chi connectivity index (χ0n) is 21.7. The van der Waals surface area contributed by atoms with Gasteiger partial charge < -0.3 is 20.9 Å². The first-order chi connectivity index (χ1) is 18.4. The van der Waals surface area contributed by atoms with E-state index in [1.54, 1.807) is 15.2 Å². The Morgan fingerprint density at radius 3 is 2.46 bits per heavy atom. The van der Waals surface area contributed by atoms with Gasteiger partial charge in [0.1, 0.15) is 5.84 Å². The standard InChI is InChI=1S/C27H30F3N5O2S2/c1-4-19(36)35-14(2)10-34(11-15(35)3)24(31)17-9-18(27(28,29)30)20(22-16(25(32)37)5-8-38-22)23-21(17)33-12-26(6-7-26)13-39-23/h4-5,8-9,14-15,31,33H,1,6-7,10-13H2,2-3H3,(H2,32,37)/t14-,15+. The summed E-state index contributed by atoms with van der Waals surface area (Å²) in [5.74, 6) is -0.395. The van der Waals surface area contributed by atoms with E-state index in [0.29, 0.717) is 36.0 Å². The summed E-state index contributed by atoms with van der Waals surface area (Å²) in [6.07, 6.45) is -1.52. The first-order valence-corrected chi connectivity index (χ1v) is 14.5. The van der Waals surface area contributed by atoms with E-state index in [9.17, 15) is 22.8 Å². The first-order valence-electron chi connectivity index (χ1n) is 12.7. The number of thioether (sulfide) groups is 1. The van der Waals surface area contributed by atoms with Crippen LogP contribution in [0.4, 0.5) is 18.9 Å². The highest BCUT2D eigenvalue weighted by Crippen LogP contribution is 2.56. The Bertz CT molecular complexity index is 1360. The molecule has 1 aliphatic carbocycles. The third kappa shape index (κ3) is 4.93. The monoisotopic (exact) mass is 577 g/mol. The van der Waals surface area contributed by atoms with Gasteiger partial charge in [-0.3, -0.25) is 15.0 Å². The summed E-state index contributed by atoms with van der Waals surface area (Å²) in [5.41, 5.74) is 5.28. The van der Waals surface area contributed by atoms with Gasteiger partial charge in [-0.25, -0.2) is 0 Å². The van der Waals surface area contributed by atoms with Crippen molar-refractivity contribution < 1.29 is 22.8 Å². The zero-order chi connectivity index (χ0) is 28.3. The quantitative estimate of drug-likeness (QED) is 0.261. The summed E-state index contributed by atoms with van der Waals surface area (Å²) in [6, 6.07) is 1.96. The third-order valence-corrected chi connectivity index (χ3v) is 10.2. The molecule has 3 aliphatic rings. The van der Waals surface area contributed by atoms with Crippen molar-refractivity contribution in [3.63, 3.8) is 0 Å². The van der Waals surface area contributed by atoms with Gasteiger partial charge in [-0.2, -0.15) is 13.2 Å². The van der Waals surface area contributed by atoms with Crippen LogP contribution in [0.15, 0.2) is 35.1 Å². The maximum absolute atomic E-state index is 14.7. The minimum atomic E-state index is -4.74. The smallest absolute Gasteiger partial charge is 0.383 e. The normalized spacial score (nSPS) is 22.1. The molecule has 1 saturated heterocycles. The molecule has 1 saturated carbocycles. The van der Waals surface area contributed by atoms with E-state index in [-0.39, 0.29) is 50.8 Å². The number of carbonyl (C=O) groups excluding carboxylic acids is 2. The van der Waals surface area contributed by atoms with Crippen LogP contribution in [-0.2, 0) is 11.0 Å². The molecule has 2 amide bonds. The number of halogens is 3. The summed E-state index contributed by atoms with van der Waals surface area (Å²) in [7, 11) is 0. The van der Waals surface area contributed by atoms with Gasteiger partial charge in [-0.1, -0.05) is 6.58 Å². The molecule has 1 aromatic carbocycles. The largest absolute Gasteiger partial charge is 0.417 e.